The molecule has 2 rings (SSSR count). The molecule has 2 unspecified atom stereocenters. The van der Waals surface area contributed by atoms with E-state index in [0.29, 0.717) is 0 Å². The van der Waals surface area contributed by atoms with Crippen LogP contribution in [-0.4, -0.2) is 10.7 Å². The zero-order chi connectivity index (χ0) is 14.6. The molecular weight excluding hydrogens is 365 g/mol. The van der Waals surface area contributed by atoms with E-state index in [0.717, 1.165) is 35.2 Å². The molecule has 0 fully saturated rings. The number of nitrogens with zero attached hydrogens (tertiary/aromatic N) is 1. The summed E-state index contributed by atoms with van der Waals surface area (Å²) in [6.45, 7) is 4.23. The number of ether oxygens (including phenoxy) is 2. The van der Waals surface area contributed by atoms with E-state index in [4.69, 9.17) is 9.47 Å². The fourth-order valence-corrected chi connectivity index (χ4v) is 3.03. The van der Waals surface area contributed by atoms with Gasteiger partial charge in [-0.2, -0.15) is 5.26 Å². The van der Waals surface area contributed by atoms with Gasteiger partial charge in [-0.25, -0.2) is 0 Å². The molecule has 108 valence electrons. The van der Waals surface area contributed by atoms with Crippen LogP contribution in [0, 0.1) is 22.7 Å². The highest BCUT2D eigenvalue weighted by molar-refractivity contribution is 14.1. The molecule has 0 radical (unpaired) electrons. The lowest BCUT2D eigenvalue weighted by Crippen LogP contribution is -2.44. The van der Waals surface area contributed by atoms with Crippen molar-refractivity contribution in [1.29, 1.82) is 5.26 Å². The smallest absolute Gasteiger partial charge is 0.260 e. The summed E-state index contributed by atoms with van der Waals surface area (Å²) in [6, 6.07) is 10.2. The maximum Gasteiger partial charge on any atom is 0.260 e. The summed E-state index contributed by atoms with van der Waals surface area (Å²) in [5.41, 5.74) is -0.584. The van der Waals surface area contributed by atoms with Crippen molar-refractivity contribution in [3.8, 4) is 17.6 Å². The summed E-state index contributed by atoms with van der Waals surface area (Å²) in [6.07, 6.45) is 2.25. The van der Waals surface area contributed by atoms with Crippen LogP contribution in [0.3, 0.4) is 0 Å². The van der Waals surface area contributed by atoms with E-state index in [1.165, 1.54) is 0 Å². The van der Waals surface area contributed by atoms with Gasteiger partial charge in [0.25, 0.3) is 6.29 Å². The van der Waals surface area contributed by atoms with Crippen molar-refractivity contribution in [3.05, 3.63) is 24.3 Å². The van der Waals surface area contributed by atoms with Gasteiger partial charge in [-0.05, 0) is 35.3 Å². The zero-order valence-corrected chi connectivity index (χ0v) is 14.1. The molecule has 0 saturated carbocycles. The van der Waals surface area contributed by atoms with Gasteiger partial charge in [0.15, 0.2) is 11.5 Å². The summed E-state index contributed by atoms with van der Waals surface area (Å²) in [4.78, 5) is 0. The van der Waals surface area contributed by atoms with E-state index in [9.17, 15) is 5.26 Å². The molecule has 1 aromatic rings. The summed E-state index contributed by atoms with van der Waals surface area (Å²) < 4.78 is 12.9. The minimum absolute atomic E-state index is 0.231. The summed E-state index contributed by atoms with van der Waals surface area (Å²) >= 11 is 2.35. The van der Waals surface area contributed by atoms with E-state index in [-0.39, 0.29) is 5.92 Å². The van der Waals surface area contributed by atoms with Crippen LogP contribution in [0.2, 0.25) is 0 Å². The van der Waals surface area contributed by atoms with Crippen LogP contribution < -0.4 is 9.47 Å². The molecule has 0 amide bonds. The van der Waals surface area contributed by atoms with Crippen LogP contribution in [0.15, 0.2) is 24.3 Å². The number of fused-ring (bicyclic) bond motifs is 1. The first-order chi connectivity index (χ1) is 9.67. The molecule has 4 heteroatoms. The number of hydrogen-bond acceptors (Lipinski definition) is 3. The summed E-state index contributed by atoms with van der Waals surface area (Å²) in [5.74, 6) is 1.72. The number of rotatable bonds is 6. The maximum atomic E-state index is 9.83. The molecule has 1 heterocycles. The van der Waals surface area contributed by atoms with Crippen molar-refractivity contribution in [1.82, 2.24) is 0 Å². The molecule has 0 aliphatic carbocycles. The van der Waals surface area contributed by atoms with Crippen LogP contribution in [0.25, 0.3) is 0 Å². The van der Waals surface area contributed by atoms with Crippen molar-refractivity contribution in [2.75, 3.05) is 4.43 Å². The molecule has 1 aromatic carbocycles. The Morgan fingerprint density at radius 3 is 2.40 bits per heavy atom. The first kappa shape index (κ1) is 15.4. The average molecular weight is 385 g/mol. The quantitative estimate of drug-likeness (QED) is 0.533. The molecule has 0 saturated heterocycles. The van der Waals surface area contributed by atoms with Crippen LogP contribution in [0.4, 0.5) is 0 Å². The van der Waals surface area contributed by atoms with E-state index >= 15 is 0 Å². The van der Waals surface area contributed by atoms with E-state index in [1.54, 1.807) is 0 Å². The minimum atomic E-state index is -0.584. The molecule has 0 aromatic heterocycles. The van der Waals surface area contributed by atoms with Crippen molar-refractivity contribution < 1.29 is 9.47 Å². The Balaban J connectivity index is 2.27. The first-order valence-electron chi connectivity index (χ1n) is 7.07. The van der Waals surface area contributed by atoms with E-state index in [1.807, 2.05) is 24.3 Å². The van der Waals surface area contributed by atoms with Crippen LogP contribution in [-0.2, 0) is 0 Å². The number of benzene rings is 1. The Morgan fingerprint density at radius 1 is 1.35 bits per heavy atom. The van der Waals surface area contributed by atoms with Gasteiger partial charge in [-0.15, -0.1) is 0 Å². The maximum absolute atomic E-state index is 9.83. The largest absolute Gasteiger partial charge is 0.449 e. The second kappa shape index (κ2) is 6.66. The van der Waals surface area contributed by atoms with Crippen molar-refractivity contribution in [2.24, 2.45) is 11.3 Å². The monoisotopic (exact) mass is 385 g/mol. The number of hydrogen-bond donors (Lipinski definition) is 0. The Hall–Kier alpha value is -0.960. The van der Waals surface area contributed by atoms with Gasteiger partial charge in [0, 0.05) is 0 Å². The zero-order valence-electron chi connectivity index (χ0n) is 11.9. The molecule has 1 aliphatic heterocycles. The van der Waals surface area contributed by atoms with Gasteiger partial charge >= 0.3 is 0 Å². The highest BCUT2D eigenvalue weighted by Crippen LogP contribution is 2.46. The molecule has 0 N–H and O–H groups in total. The predicted molar refractivity (Wildman–Crippen MR) is 87.1 cm³/mol. The third kappa shape index (κ3) is 2.73. The first-order valence-corrected chi connectivity index (χ1v) is 8.60. The molecule has 0 spiro atoms. The SMILES string of the molecule is CCC(C)C(C#N)(CCCI)C1Oc2ccccc2O1. The van der Waals surface area contributed by atoms with Gasteiger partial charge in [0.1, 0.15) is 5.41 Å². The topological polar surface area (TPSA) is 42.2 Å². The van der Waals surface area contributed by atoms with Crippen LogP contribution in [0.5, 0.6) is 11.5 Å². The van der Waals surface area contributed by atoms with Crippen molar-refractivity contribution >= 4 is 22.6 Å². The van der Waals surface area contributed by atoms with E-state index < -0.39 is 11.7 Å². The van der Waals surface area contributed by atoms with Crippen LogP contribution in [0.1, 0.15) is 33.1 Å². The molecule has 2 atom stereocenters. The lowest BCUT2D eigenvalue weighted by atomic mass is 9.72. The fraction of sp³-hybridized carbons (Fsp3) is 0.562. The lowest BCUT2D eigenvalue weighted by molar-refractivity contribution is -0.0683. The number of alkyl halides is 1. The van der Waals surface area contributed by atoms with Gasteiger partial charge in [-0.3, -0.25) is 0 Å². The number of para-hydroxylation sites is 2. The molecule has 3 nitrogen and oxygen atoms in total. The highest BCUT2D eigenvalue weighted by atomic mass is 127. The normalized spacial score (nSPS) is 18.3. The van der Waals surface area contributed by atoms with Gasteiger partial charge < -0.3 is 9.47 Å². The number of halogens is 1. The Labute approximate surface area is 134 Å². The highest BCUT2D eigenvalue weighted by Gasteiger charge is 2.49. The summed E-state index contributed by atoms with van der Waals surface area (Å²) in [7, 11) is 0. The third-order valence-electron chi connectivity index (χ3n) is 4.16. The second-order valence-electron chi connectivity index (χ2n) is 5.27. The van der Waals surface area contributed by atoms with Crippen molar-refractivity contribution in [2.45, 2.75) is 39.4 Å². The Morgan fingerprint density at radius 2 is 1.95 bits per heavy atom. The molecule has 0 bridgehead atoms. The second-order valence-corrected chi connectivity index (χ2v) is 6.35. The average Bonchev–Trinajstić information content (AvgIpc) is 2.92. The standard InChI is InChI=1S/C16H20INO2/c1-3-12(2)16(11-18,9-6-10-17)15-19-13-7-4-5-8-14(13)20-15/h4-5,7-8,12,15H,3,6,9-10H2,1-2H3. The molecule has 20 heavy (non-hydrogen) atoms. The fourth-order valence-electron chi connectivity index (χ4n) is 2.65. The Kier molecular flexibility index (Phi) is 5.14. The minimum Gasteiger partial charge on any atom is -0.449 e. The molecular formula is C16H20INO2. The van der Waals surface area contributed by atoms with Crippen LogP contribution >= 0.6 is 22.6 Å². The third-order valence-corrected chi connectivity index (χ3v) is 4.92. The predicted octanol–water partition coefficient (Wildman–Crippen LogP) is 4.56. The van der Waals surface area contributed by atoms with Gasteiger partial charge in [-0.1, -0.05) is 55.0 Å². The molecule has 1 aliphatic rings. The van der Waals surface area contributed by atoms with E-state index in [2.05, 4.69) is 42.5 Å². The Bertz CT molecular complexity index is 474. The number of nitriles is 1. The summed E-state index contributed by atoms with van der Waals surface area (Å²) in [5, 5.41) is 9.83. The van der Waals surface area contributed by atoms with Gasteiger partial charge in [0.05, 0.1) is 6.07 Å². The van der Waals surface area contributed by atoms with Gasteiger partial charge in [0.2, 0.25) is 0 Å². The van der Waals surface area contributed by atoms with Crippen molar-refractivity contribution in [3.63, 3.8) is 0 Å². The lowest BCUT2D eigenvalue weighted by Gasteiger charge is -2.35.